The van der Waals surface area contributed by atoms with Crippen molar-refractivity contribution < 1.29 is 18.7 Å². The Morgan fingerprint density at radius 2 is 1.60 bits per heavy atom. The molecule has 0 aliphatic heterocycles. The summed E-state index contributed by atoms with van der Waals surface area (Å²) in [5.74, 6) is -2.08. The first-order valence-corrected chi connectivity index (χ1v) is 6.70. The van der Waals surface area contributed by atoms with Crippen molar-refractivity contribution in [3.63, 3.8) is 0 Å². The molecule has 3 nitrogen and oxygen atoms in total. The maximum absolute atomic E-state index is 13.8. The summed E-state index contributed by atoms with van der Waals surface area (Å²) < 4.78 is 27.5. The van der Waals surface area contributed by atoms with Crippen LogP contribution < -0.4 is 5.32 Å². The van der Waals surface area contributed by atoms with E-state index in [0.29, 0.717) is 18.4 Å². The van der Waals surface area contributed by atoms with E-state index in [4.69, 9.17) is 5.11 Å². The Hall–Kier alpha value is -1.65. The van der Waals surface area contributed by atoms with Crippen molar-refractivity contribution in [1.82, 2.24) is 0 Å². The van der Waals surface area contributed by atoms with Gasteiger partial charge in [0.05, 0.1) is 5.56 Å². The summed E-state index contributed by atoms with van der Waals surface area (Å²) in [6.45, 7) is 8.69. The van der Waals surface area contributed by atoms with Crippen molar-refractivity contribution in [2.24, 2.45) is 17.8 Å². The summed E-state index contributed by atoms with van der Waals surface area (Å²) in [4.78, 5) is 10.7. The third-order valence-corrected chi connectivity index (χ3v) is 3.52. The van der Waals surface area contributed by atoms with Crippen molar-refractivity contribution in [3.8, 4) is 0 Å². The minimum Gasteiger partial charge on any atom is -0.478 e. The quantitative estimate of drug-likeness (QED) is 0.830. The van der Waals surface area contributed by atoms with Crippen molar-refractivity contribution in [2.45, 2.75) is 27.7 Å². The van der Waals surface area contributed by atoms with E-state index in [-0.39, 0.29) is 11.6 Å². The highest BCUT2D eigenvalue weighted by Gasteiger charge is 2.20. The Labute approximate surface area is 118 Å². The molecular weight excluding hydrogens is 264 g/mol. The first-order valence-electron chi connectivity index (χ1n) is 6.70. The lowest BCUT2D eigenvalue weighted by Crippen LogP contribution is -2.25. The van der Waals surface area contributed by atoms with E-state index >= 15 is 0 Å². The second-order valence-corrected chi connectivity index (χ2v) is 5.65. The number of hydrogen-bond acceptors (Lipinski definition) is 2. The fourth-order valence-corrected chi connectivity index (χ4v) is 2.33. The van der Waals surface area contributed by atoms with Gasteiger partial charge in [0.25, 0.3) is 0 Å². The van der Waals surface area contributed by atoms with Crippen molar-refractivity contribution in [2.75, 3.05) is 11.9 Å². The molecule has 0 saturated carbocycles. The Bertz CT molecular complexity index is 456. The molecule has 0 heterocycles. The zero-order valence-corrected chi connectivity index (χ0v) is 12.2. The molecule has 0 radical (unpaired) electrons. The fourth-order valence-electron chi connectivity index (χ4n) is 2.33. The summed E-state index contributed by atoms with van der Waals surface area (Å²) in [5.41, 5.74) is -0.656. The molecule has 1 aromatic rings. The van der Waals surface area contributed by atoms with Crippen LogP contribution in [0.15, 0.2) is 12.1 Å². The lowest BCUT2D eigenvalue weighted by atomic mass is 9.85. The van der Waals surface area contributed by atoms with E-state index in [9.17, 15) is 13.6 Å². The SMILES string of the molecule is CC(C)C(CNc1c(F)cc(C(=O)O)cc1F)C(C)C. The number of hydrogen-bond donors (Lipinski definition) is 2. The maximum Gasteiger partial charge on any atom is 0.335 e. The van der Waals surface area contributed by atoms with E-state index in [0.717, 1.165) is 12.1 Å². The van der Waals surface area contributed by atoms with Gasteiger partial charge in [-0.2, -0.15) is 0 Å². The average Bonchev–Trinajstić information content (AvgIpc) is 2.31. The average molecular weight is 285 g/mol. The molecule has 112 valence electrons. The minimum absolute atomic E-state index is 0.263. The molecule has 0 bridgehead atoms. The summed E-state index contributed by atoms with van der Waals surface area (Å²) in [7, 11) is 0. The van der Waals surface area contributed by atoms with E-state index in [1.165, 1.54) is 0 Å². The van der Waals surface area contributed by atoms with Gasteiger partial charge in [-0.1, -0.05) is 27.7 Å². The molecule has 20 heavy (non-hydrogen) atoms. The summed E-state index contributed by atoms with van der Waals surface area (Å²) >= 11 is 0. The molecular formula is C15H21F2NO2. The highest BCUT2D eigenvalue weighted by molar-refractivity contribution is 5.88. The highest BCUT2D eigenvalue weighted by Crippen LogP contribution is 2.25. The van der Waals surface area contributed by atoms with Gasteiger partial charge in [-0.05, 0) is 29.9 Å². The summed E-state index contributed by atoms with van der Waals surface area (Å²) in [6.07, 6.45) is 0. The highest BCUT2D eigenvalue weighted by atomic mass is 19.1. The second kappa shape index (κ2) is 6.68. The number of aromatic carboxylic acids is 1. The lowest BCUT2D eigenvalue weighted by molar-refractivity contribution is 0.0696. The molecule has 0 spiro atoms. The normalized spacial score (nSPS) is 11.4. The van der Waals surface area contributed by atoms with Gasteiger partial charge in [0.2, 0.25) is 0 Å². The largest absolute Gasteiger partial charge is 0.478 e. The zero-order chi connectivity index (χ0) is 15.4. The van der Waals surface area contributed by atoms with Crippen molar-refractivity contribution >= 4 is 11.7 Å². The first-order chi connectivity index (χ1) is 9.23. The number of rotatable bonds is 6. The predicted molar refractivity (Wildman–Crippen MR) is 75.0 cm³/mol. The van der Waals surface area contributed by atoms with Gasteiger partial charge < -0.3 is 10.4 Å². The fraction of sp³-hybridized carbons (Fsp3) is 0.533. The lowest BCUT2D eigenvalue weighted by Gasteiger charge is -2.25. The number of carboxylic acids is 1. The Morgan fingerprint density at radius 3 is 1.95 bits per heavy atom. The molecule has 0 aliphatic carbocycles. The van der Waals surface area contributed by atoms with Crippen LogP contribution in [-0.2, 0) is 0 Å². The molecule has 0 unspecified atom stereocenters. The van der Waals surface area contributed by atoms with Gasteiger partial charge in [0.15, 0.2) is 0 Å². The van der Waals surface area contributed by atoms with Crippen LogP contribution in [-0.4, -0.2) is 17.6 Å². The molecule has 0 fully saturated rings. The molecule has 0 aromatic heterocycles. The molecule has 0 atom stereocenters. The molecule has 1 aromatic carbocycles. The van der Waals surface area contributed by atoms with Gasteiger partial charge in [-0.25, -0.2) is 13.6 Å². The van der Waals surface area contributed by atoms with Crippen LogP contribution in [0.3, 0.4) is 0 Å². The number of benzene rings is 1. The van der Waals surface area contributed by atoms with Crippen LogP contribution in [0.1, 0.15) is 38.1 Å². The van der Waals surface area contributed by atoms with Crippen LogP contribution in [0.25, 0.3) is 0 Å². The molecule has 0 saturated heterocycles. The van der Waals surface area contributed by atoms with Gasteiger partial charge in [-0.3, -0.25) is 0 Å². The third-order valence-electron chi connectivity index (χ3n) is 3.52. The topological polar surface area (TPSA) is 49.3 Å². The molecule has 1 rings (SSSR count). The number of halogens is 2. The predicted octanol–water partition coefficient (Wildman–Crippen LogP) is 4.00. The number of carboxylic acid groups (broad SMARTS) is 1. The van der Waals surface area contributed by atoms with E-state index < -0.39 is 23.2 Å². The van der Waals surface area contributed by atoms with E-state index in [1.807, 2.05) is 0 Å². The standard InChI is InChI=1S/C15H21F2NO2/c1-8(2)11(9(3)4)7-18-14-12(16)5-10(15(19)20)6-13(14)17/h5-6,8-9,11,18H,7H2,1-4H3,(H,19,20). The monoisotopic (exact) mass is 285 g/mol. The molecule has 0 amide bonds. The van der Waals surface area contributed by atoms with E-state index in [1.54, 1.807) is 0 Å². The summed E-state index contributed by atoms with van der Waals surface area (Å²) in [6, 6.07) is 1.65. The third kappa shape index (κ3) is 3.92. The maximum atomic E-state index is 13.8. The Kier molecular flexibility index (Phi) is 5.48. The number of carbonyl (C=O) groups is 1. The van der Waals surface area contributed by atoms with Crippen molar-refractivity contribution in [1.29, 1.82) is 0 Å². The number of anilines is 1. The number of nitrogens with one attached hydrogen (secondary N) is 1. The van der Waals surface area contributed by atoms with Crippen LogP contribution in [0.5, 0.6) is 0 Å². The van der Waals surface area contributed by atoms with Crippen LogP contribution in [0.4, 0.5) is 14.5 Å². The zero-order valence-electron chi connectivity index (χ0n) is 12.2. The van der Waals surface area contributed by atoms with Gasteiger partial charge in [-0.15, -0.1) is 0 Å². The minimum atomic E-state index is -1.35. The Morgan fingerprint density at radius 1 is 1.15 bits per heavy atom. The van der Waals surface area contributed by atoms with Crippen molar-refractivity contribution in [3.05, 3.63) is 29.3 Å². The van der Waals surface area contributed by atoms with Gasteiger partial charge in [0, 0.05) is 6.54 Å². The van der Waals surface area contributed by atoms with E-state index in [2.05, 4.69) is 33.0 Å². The molecule has 5 heteroatoms. The van der Waals surface area contributed by atoms with Gasteiger partial charge in [0.1, 0.15) is 17.3 Å². The molecule has 0 aliphatic rings. The van der Waals surface area contributed by atoms with Gasteiger partial charge >= 0.3 is 5.97 Å². The Balaban J connectivity index is 2.91. The smallest absolute Gasteiger partial charge is 0.335 e. The molecule has 2 N–H and O–H groups in total. The first kappa shape index (κ1) is 16.4. The van der Waals surface area contributed by atoms with Crippen LogP contribution >= 0.6 is 0 Å². The summed E-state index contributed by atoms with van der Waals surface area (Å²) in [5, 5.41) is 11.5. The van der Waals surface area contributed by atoms with Crippen LogP contribution in [0, 0.1) is 29.4 Å². The second-order valence-electron chi connectivity index (χ2n) is 5.65. The van der Waals surface area contributed by atoms with Crippen LogP contribution in [0.2, 0.25) is 0 Å².